The van der Waals surface area contributed by atoms with Gasteiger partial charge in [-0.15, -0.1) is 0 Å². The fourth-order valence-corrected chi connectivity index (χ4v) is 1.66. The van der Waals surface area contributed by atoms with E-state index in [4.69, 9.17) is 12.2 Å². The van der Waals surface area contributed by atoms with Crippen LogP contribution in [0.25, 0.3) is 0 Å². The van der Waals surface area contributed by atoms with E-state index in [-0.39, 0.29) is 11.7 Å². The van der Waals surface area contributed by atoms with Crippen LogP contribution < -0.4 is 10.2 Å². The van der Waals surface area contributed by atoms with Gasteiger partial charge in [0.25, 0.3) is 0 Å². The highest BCUT2D eigenvalue weighted by molar-refractivity contribution is 7.81. The van der Waals surface area contributed by atoms with Crippen molar-refractivity contribution in [2.24, 2.45) is 0 Å². The normalized spacial score (nSPS) is 16.5. The average Bonchev–Trinajstić information content (AvgIpc) is 2.29. The lowest BCUT2D eigenvalue weighted by molar-refractivity contribution is -0.0967. The maximum atomic E-state index is 12.4. The molecule has 2 heterocycles. The number of aromatic nitrogens is 1. The number of nitrogens with one attached hydrogen (secondary N) is 1. The third-order valence-corrected chi connectivity index (χ3v) is 2.53. The van der Waals surface area contributed by atoms with Crippen molar-refractivity contribution in [3.05, 3.63) is 36.2 Å². The summed E-state index contributed by atoms with van der Waals surface area (Å²) < 4.78 is 37.3. The molecule has 0 aromatic carbocycles. The van der Waals surface area contributed by atoms with Crippen molar-refractivity contribution < 1.29 is 13.2 Å². The summed E-state index contributed by atoms with van der Waals surface area (Å²) in [5, 5.41) is 2.27. The summed E-state index contributed by atoms with van der Waals surface area (Å²) in [4.78, 5) is 5.61. The van der Waals surface area contributed by atoms with Gasteiger partial charge in [-0.2, -0.15) is 13.2 Å². The summed E-state index contributed by atoms with van der Waals surface area (Å²) in [6.07, 6.45) is -1.95. The van der Waals surface area contributed by atoms with Crippen LogP contribution in [0.3, 0.4) is 0 Å². The standard InChI is InChI=1S/C10H8F3N3S/c11-10(12,13)7-5-9(17)16(6-15-7)8-3-1-2-4-14-8/h1-5,15H,6H2. The number of alkyl halides is 3. The number of thiocarbonyl (C=S) groups is 1. The highest BCUT2D eigenvalue weighted by atomic mass is 32.1. The van der Waals surface area contributed by atoms with Crippen LogP contribution in [0, 0.1) is 0 Å². The average molecular weight is 259 g/mol. The molecule has 1 aromatic heterocycles. The molecule has 17 heavy (non-hydrogen) atoms. The van der Waals surface area contributed by atoms with Gasteiger partial charge in [-0.05, 0) is 12.1 Å². The maximum absolute atomic E-state index is 12.4. The molecule has 0 amide bonds. The van der Waals surface area contributed by atoms with E-state index in [1.54, 1.807) is 24.4 Å². The van der Waals surface area contributed by atoms with Crippen molar-refractivity contribution in [2.75, 3.05) is 11.6 Å². The Labute approximate surface area is 101 Å². The van der Waals surface area contributed by atoms with Gasteiger partial charge >= 0.3 is 6.18 Å². The van der Waals surface area contributed by atoms with Gasteiger partial charge in [-0.25, -0.2) is 4.98 Å². The van der Waals surface area contributed by atoms with Crippen molar-refractivity contribution in [3.8, 4) is 0 Å². The van der Waals surface area contributed by atoms with E-state index in [1.807, 2.05) is 0 Å². The Hall–Kier alpha value is -1.63. The minimum atomic E-state index is -4.40. The summed E-state index contributed by atoms with van der Waals surface area (Å²) in [7, 11) is 0. The third-order valence-electron chi connectivity index (χ3n) is 2.19. The molecule has 7 heteroatoms. The summed E-state index contributed by atoms with van der Waals surface area (Å²) in [6.45, 7) is -0.0405. The van der Waals surface area contributed by atoms with Crippen LogP contribution in [-0.4, -0.2) is 22.8 Å². The van der Waals surface area contributed by atoms with E-state index < -0.39 is 11.9 Å². The van der Waals surface area contributed by atoms with Crippen molar-refractivity contribution >= 4 is 23.0 Å². The highest BCUT2D eigenvalue weighted by Crippen LogP contribution is 2.26. The second-order valence-electron chi connectivity index (χ2n) is 3.34. The second kappa shape index (κ2) is 4.33. The Balaban J connectivity index is 2.23. The highest BCUT2D eigenvalue weighted by Gasteiger charge is 2.36. The first-order valence-corrected chi connectivity index (χ1v) is 5.14. The number of rotatable bonds is 1. The van der Waals surface area contributed by atoms with E-state index >= 15 is 0 Å². The van der Waals surface area contributed by atoms with E-state index in [0.717, 1.165) is 6.08 Å². The first-order valence-electron chi connectivity index (χ1n) is 4.74. The van der Waals surface area contributed by atoms with Crippen LogP contribution in [0.15, 0.2) is 36.2 Å². The Bertz CT molecular complexity index is 456. The van der Waals surface area contributed by atoms with Gasteiger partial charge in [0.2, 0.25) is 0 Å². The van der Waals surface area contributed by atoms with Gasteiger partial charge in [0.1, 0.15) is 16.5 Å². The number of allylic oxidation sites excluding steroid dienone is 1. The van der Waals surface area contributed by atoms with Crippen LogP contribution in [0.2, 0.25) is 0 Å². The molecule has 0 bridgehead atoms. The fourth-order valence-electron chi connectivity index (χ4n) is 1.38. The van der Waals surface area contributed by atoms with Crippen LogP contribution >= 0.6 is 12.2 Å². The first-order chi connectivity index (χ1) is 7.98. The van der Waals surface area contributed by atoms with E-state index in [0.29, 0.717) is 5.82 Å². The molecule has 0 radical (unpaired) electrons. The summed E-state index contributed by atoms with van der Waals surface area (Å²) in [6, 6.07) is 5.15. The molecule has 0 unspecified atom stereocenters. The number of anilines is 1. The largest absolute Gasteiger partial charge is 0.431 e. The number of hydrogen-bond donors (Lipinski definition) is 1. The van der Waals surface area contributed by atoms with Gasteiger partial charge in [-0.3, -0.25) is 4.90 Å². The SMILES string of the molecule is FC(F)(F)C1=CC(=S)N(c2ccccn2)CN1. The van der Waals surface area contributed by atoms with Crippen molar-refractivity contribution in [2.45, 2.75) is 6.18 Å². The zero-order valence-corrected chi connectivity index (χ0v) is 9.35. The first kappa shape index (κ1) is 11.8. The van der Waals surface area contributed by atoms with Crippen molar-refractivity contribution in [1.82, 2.24) is 10.3 Å². The molecule has 3 nitrogen and oxygen atoms in total. The molecule has 0 aliphatic carbocycles. The lowest BCUT2D eigenvalue weighted by Gasteiger charge is -2.29. The molecular formula is C10H8F3N3S. The minimum Gasteiger partial charge on any atom is -0.363 e. The van der Waals surface area contributed by atoms with Crippen LogP contribution in [-0.2, 0) is 0 Å². The molecule has 0 spiro atoms. The van der Waals surface area contributed by atoms with E-state index in [9.17, 15) is 13.2 Å². The van der Waals surface area contributed by atoms with Gasteiger partial charge in [0, 0.05) is 12.3 Å². The predicted octanol–water partition coefficient (Wildman–Crippen LogP) is 2.22. The molecule has 1 N–H and O–H groups in total. The lowest BCUT2D eigenvalue weighted by Crippen LogP contribution is -2.45. The quantitative estimate of drug-likeness (QED) is 0.783. The van der Waals surface area contributed by atoms with Gasteiger partial charge in [0.05, 0.1) is 6.67 Å². The van der Waals surface area contributed by atoms with Crippen LogP contribution in [0.4, 0.5) is 19.0 Å². The molecule has 0 atom stereocenters. The Morgan fingerprint density at radius 3 is 2.65 bits per heavy atom. The molecule has 0 saturated heterocycles. The predicted molar refractivity (Wildman–Crippen MR) is 61.5 cm³/mol. The molecule has 90 valence electrons. The smallest absolute Gasteiger partial charge is 0.363 e. The number of hydrogen-bond acceptors (Lipinski definition) is 3. The summed E-state index contributed by atoms with van der Waals surface area (Å²) in [5.41, 5.74) is -0.824. The minimum absolute atomic E-state index is 0.0405. The summed E-state index contributed by atoms with van der Waals surface area (Å²) >= 11 is 4.92. The van der Waals surface area contributed by atoms with Gasteiger partial charge in [-0.1, -0.05) is 18.3 Å². The molecular weight excluding hydrogens is 251 g/mol. The Morgan fingerprint density at radius 2 is 2.12 bits per heavy atom. The second-order valence-corrected chi connectivity index (χ2v) is 3.76. The molecule has 0 saturated carbocycles. The molecule has 1 aromatic rings. The Kier molecular flexibility index (Phi) is 3.01. The molecule has 2 rings (SSSR count). The van der Waals surface area contributed by atoms with Crippen molar-refractivity contribution in [1.29, 1.82) is 0 Å². The van der Waals surface area contributed by atoms with Gasteiger partial charge in [0.15, 0.2) is 0 Å². The van der Waals surface area contributed by atoms with Gasteiger partial charge < -0.3 is 5.32 Å². The summed E-state index contributed by atoms with van der Waals surface area (Å²) in [5.74, 6) is 0.516. The molecule has 0 fully saturated rings. The fraction of sp³-hybridized carbons (Fsp3) is 0.200. The Morgan fingerprint density at radius 1 is 1.35 bits per heavy atom. The number of nitrogens with zero attached hydrogens (tertiary/aromatic N) is 2. The zero-order chi connectivity index (χ0) is 12.5. The third kappa shape index (κ3) is 2.55. The van der Waals surface area contributed by atoms with E-state index in [1.165, 1.54) is 4.90 Å². The monoisotopic (exact) mass is 259 g/mol. The van der Waals surface area contributed by atoms with E-state index in [2.05, 4.69) is 10.3 Å². The van der Waals surface area contributed by atoms with Crippen LogP contribution in [0.1, 0.15) is 0 Å². The molecule has 1 aliphatic heterocycles. The number of halogens is 3. The zero-order valence-electron chi connectivity index (χ0n) is 8.53. The maximum Gasteiger partial charge on any atom is 0.431 e. The molecule has 1 aliphatic rings. The number of pyridine rings is 1. The van der Waals surface area contributed by atoms with Crippen LogP contribution in [0.5, 0.6) is 0 Å². The topological polar surface area (TPSA) is 28.2 Å². The lowest BCUT2D eigenvalue weighted by atomic mass is 10.3. The van der Waals surface area contributed by atoms with Crippen molar-refractivity contribution in [3.63, 3.8) is 0 Å².